The molecule has 1 aliphatic rings. The smallest absolute Gasteiger partial charge is 0.230 e. The van der Waals surface area contributed by atoms with Crippen LogP contribution in [0.5, 0.6) is 0 Å². The molecule has 1 fully saturated rings. The zero-order valence-corrected chi connectivity index (χ0v) is 14.6. The molecule has 23 heavy (non-hydrogen) atoms. The monoisotopic (exact) mass is 339 g/mol. The van der Waals surface area contributed by atoms with E-state index >= 15 is 0 Å². The van der Waals surface area contributed by atoms with E-state index < -0.39 is 11.5 Å². The van der Waals surface area contributed by atoms with E-state index in [0.717, 1.165) is 24.8 Å². The summed E-state index contributed by atoms with van der Waals surface area (Å²) in [5.41, 5.74) is 0.527. The summed E-state index contributed by atoms with van der Waals surface area (Å²) in [6.07, 6.45) is 2.02. The van der Waals surface area contributed by atoms with Gasteiger partial charge in [0, 0.05) is 18.2 Å². The molecule has 1 unspecified atom stereocenters. The molecule has 0 saturated heterocycles. The molecule has 0 radical (unpaired) electrons. The van der Waals surface area contributed by atoms with Crippen LogP contribution in [0.4, 0.5) is 0 Å². The predicted molar refractivity (Wildman–Crippen MR) is 91.7 cm³/mol. The quantitative estimate of drug-likeness (QED) is 0.765. The number of nitrogens with one attached hydrogen (secondary N) is 1. The Morgan fingerprint density at radius 3 is 2.48 bits per heavy atom. The molecule has 1 amide bonds. The number of ether oxygens (including phenoxy) is 1. The van der Waals surface area contributed by atoms with Crippen LogP contribution in [0.15, 0.2) is 24.3 Å². The van der Waals surface area contributed by atoms with Crippen molar-refractivity contribution >= 4 is 17.5 Å². The number of carbonyl (C=O) groups is 1. The van der Waals surface area contributed by atoms with Gasteiger partial charge in [0.05, 0.1) is 18.1 Å². The van der Waals surface area contributed by atoms with Crippen LogP contribution in [0, 0.1) is 5.92 Å². The number of benzene rings is 1. The molecule has 0 aliphatic heterocycles. The predicted octanol–water partition coefficient (Wildman–Crippen LogP) is 2.91. The molecule has 0 aromatic heterocycles. The number of halogens is 1. The van der Waals surface area contributed by atoms with Crippen molar-refractivity contribution in [3.05, 3.63) is 34.9 Å². The molecule has 2 N–H and O–H groups in total. The lowest BCUT2D eigenvalue weighted by molar-refractivity contribution is -0.130. The molecule has 0 spiro atoms. The van der Waals surface area contributed by atoms with E-state index in [1.54, 1.807) is 0 Å². The van der Waals surface area contributed by atoms with Gasteiger partial charge in [0.1, 0.15) is 0 Å². The average Bonchev–Trinajstić information content (AvgIpc) is 2.45. The standard InChI is InChI=1S/C18H26ClNO3/c1-13(2)11-23-12-16(21)10-20-17(22)18(8-3-9-18)14-4-6-15(19)7-5-14/h4-7,13,16,21H,3,8-12H2,1-2H3,(H,20,22). The first-order valence-electron chi connectivity index (χ1n) is 8.24. The Kier molecular flexibility index (Phi) is 6.45. The van der Waals surface area contributed by atoms with Crippen LogP contribution in [0.1, 0.15) is 38.7 Å². The molecule has 1 aromatic rings. The van der Waals surface area contributed by atoms with Gasteiger partial charge in [0.25, 0.3) is 0 Å². The Hall–Kier alpha value is -1.10. The van der Waals surface area contributed by atoms with Crippen molar-refractivity contribution in [2.45, 2.75) is 44.6 Å². The second-order valence-corrected chi connectivity index (χ2v) is 7.17. The van der Waals surface area contributed by atoms with Crippen molar-refractivity contribution in [1.82, 2.24) is 5.32 Å². The van der Waals surface area contributed by atoms with Gasteiger partial charge in [-0.1, -0.05) is 44.0 Å². The van der Waals surface area contributed by atoms with Gasteiger partial charge in [0.15, 0.2) is 0 Å². The lowest BCUT2D eigenvalue weighted by Gasteiger charge is -2.41. The van der Waals surface area contributed by atoms with Crippen molar-refractivity contribution in [2.75, 3.05) is 19.8 Å². The molecular formula is C18H26ClNO3. The third-order valence-electron chi connectivity index (χ3n) is 4.30. The van der Waals surface area contributed by atoms with Crippen LogP contribution in [0.3, 0.4) is 0 Å². The zero-order chi connectivity index (χ0) is 16.9. The van der Waals surface area contributed by atoms with Crippen molar-refractivity contribution in [1.29, 1.82) is 0 Å². The number of hydrogen-bond donors (Lipinski definition) is 2. The highest BCUT2D eigenvalue weighted by atomic mass is 35.5. The van der Waals surface area contributed by atoms with E-state index in [-0.39, 0.29) is 19.1 Å². The van der Waals surface area contributed by atoms with Crippen molar-refractivity contribution in [3.8, 4) is 0 Å². The Morgan fingerprint density at radius 2 is 1.96 bits per heavy atom. The number of amides is 1. The van der Waals surface area contributed by atoms with Gasteiger partial charge in [-0.05, 0) is 36.5 Å². The second kappa shape index (κ2) is 8.13. The van der Waals surface area contributed by atoms with Crippen molar-refractivity contribution < 1.29 is 14.6 Å². The second-order valence-electron chi connectivity index (χ2n) is 6.74. The number of aliphatic hydroxyl groups excluding tert-OH is 1. The van der Waals surface area contributed by atoms with Crippen LogP contribution in [-0.4, -0.2) is 36.9 Å². The molecular weight excluding hydrogens is 314 g/mol. The van der Waals surface area contributed by atoms with E-state index in [1.165, 1.54) is 0 Å². The number of aliphatic hydroxyl groups is 1. The van der Waals surface area contributed by atoms with Crippen LogP contribution < -0.4 is 5.32 Å². The topological polar surface area (TPSA) is 58.6 Å². The minimum Gasteiger partial charge on any atom is -0.389 e. The van der Waals surface area contributed by atoms with Crippen LogP contribution >= 0.6 is 11.6 Å². The maximum atomic E-state index is 12.6. The number of hydrogen-bond acceptors (Lipinski definition) is 3. The van der Waals surface area contributed by atoms with Gasteiger partial charge in [-0.25, -0.2) is 0 Å². The molecule has 1 aromatic carbocycles. The summed E-state index contributed by atoms with van der Waals surface area (Å²) in [6.45, 7) is 5.18. The maximum absolute atomic E-state index is 12.6. The highest BCUT2D eigenvalue weighted by Gasteiger charge is 2.45. The SMILES string of the molecule is CC(C)COCC(O)CNC(=O)C1(c2ccc(Cl)cc2)CCC1. The third kappa shape index (κ3) is 4.69. The van der Waals surface area contributed by atoms with E-state index in [4.69, 9.17) is 16.3 Å². The van der Waals surface area contributed by atoms with E-state index in [2.05, 4.69) is 19.2 Å². The van der Waals surface area contributed by atoms with Crippen LogP contribution in [-0.2, 0) is 14.9 Å². The lowest BCUT2D eigenvalue weighted by Crippen LogP contribution is -2.51. The van der Waals surface area contributed by atoms with Crippen molar-refractivity contribution in [3.63, 3.8) is 0 Å². The summed E-state index contributed by atoms with van der Waals surface area (Å²) in [7, 11) is 0. The van der Waals surface area contributed by atoms with E-state index in [1.807, 2.05) is 24.3 Å². The summed E-state index contributed by atoms with van der Waals surface area (Å²) in [5, 5.41) is 13.5. The number of rotatable bonds is 8. The van der Waals surface area contributed by atoms with E-state index in [9.17, 15) is 9.90 Å². The summed E-state index contributed by atoms with van der Waals surface area (Å²) in [5.74, 6) is 0.411. The minimum atomic E-state index is -0.681. The molecule has 0 bridgehead atoms. The number of carbonyl (C=O) groups excluding carboxylic acids is 1. The normalized spacial score (nSPS) is 17.6. The Labute approximate surface area is 143 Å². The van der Waals surface area contributed by atoms with Crippen LogP contribution in [0.25, 0.3) is 0 Å². The molecule has 4 nitrogen and oxygen atoms in total. The minimum absolute atomic E-state index is 0.0195. The first-order chi connectivity index (χ1) is 10.9. The fourth-order valence-electron chi connectivity index (χ4n) is 2.82. The maximum Gasteiger partial charge on any atom is 0.230 e. The molecule has 128 valence electrons. The summed E-state index contributed by atoms with van der Waals surface area (Å²) in [6, 6.07) is 7.48. The van der Waals surface area contributed by atoms with Crippen LogP contribution in [0.2, 0.25) is 5.02 Å². The average molecular weight is 340 g/mol. The summed E-state index contributed by atoms with van der Waals surface area (Å²) < 4.78 is 5.40. The fraction of sp³-hybridized carbons (Fsp3) is 0.611. The Bertz CT molecular complexity index is 512. The largest absolute Gasteiger partial charge is 0.389 e. The molecule has 1 saturated carbocycles. The Morgan fingerprint density at radius 1 is 1.30 bits per heavy atom. The lowest BCUT2D eigenvalue weighted by atomic mass is 9.64. The van der Waals surface area contributed by atoms with Gasteiger partial charge in [-0.2, -0.15) is 0 Å². The van der Waals surface area contributed by atoms with Crippen molar-refractivity contribution in [2.24, 2.45) is 5.92 Å². The first-order valence-corrected chi connectivity index (χ1v) is 8.62. The van der Waals surface area contributed by atoms with Gasteiger partial charge in [-0.15, -0.1) is 0 Å². The van der Waals surface area contributed by atoms with Gasteiger partial charge < -0.3 is 15.2 Å². The zero-order valence-electron chi connectivity index (χ0n) is 13.8. The summed E-state index contributed by atoms with van der Waals surface area (Å²) in [4.78, 5) is 12.6. The van der Waals surface area contributed by atoms with Gasteiger partial charge in [-0.3, -0.25) is 4.79 Å². The van der Waals surface area contributed by atoms with Gasteiger partial charge in [0.2, 0.25) is 5.91 Å². The van der Waals surface area contributed by atoms with Gasteiger partial charge >= 0.3 is 0 Å². The molecule has 1 aliphatic carbocycles. The third-order valence-corrected chi connectivity index (χ3v) is 4.55. The Balaban J connectivity index is 1.87. The fourth-order valence-corrected chi connectivity index (χ4v) is 2.95. The molecule has 1 atom stereocenters. The first kappa shape index (κ1) is 18.2. The molecule has 5 heteroatoms. The summed E-state index contributed by atoms with van der Waals surface area (Å²) >= 11 is 5.93. The molecule has 2 rings (SSSR count). The highest BCUT2D eigenvalue weighted by molar-refractivity contribution is 6.30. The highest BCUT2D eigenvalue weighted by Crippen LogP contribution is 2.44. The van der Waals surface area contributed by atoms with E-state index in [0.29, 0.717) is 17.5 Å². The molecule has 0 heterocycles.